The summed E-state index contributed by atoms with van der Waals surface area (Å²) in [6, 6.07) is -1.51. The molecule has 0 bridgehead atoms. The zero-order valence-electron chi connectivity index (χ0n) is 8.55. The molecule has 1 aliphatic rings. The Labute approximate surface area is 92.7 Å². The molecule has 17 heavy (non-hydrogen) atoms. The molecule has 0 aromatic carbocycles. The quantitative estimate of drug-likeness (QED) is 0.560. The van der Waals surface area contributed by atoms with Crippen LogP contribution in [0.2, 0.25) is 0 Å². The van der Waals surface area contributed by atoms with E-state index in [1.807, 2.05) is 0 Å². The fourth-order valence-electron chi connectivity index (χ4n) is 1.22. The van der Waals surface area contributed by atoms with Crippen molar-refractivity contribution in [2.45, 2.75) is 24.8 Å². The fourth-order valence-corrected chi connectivity index (χ4v) is 1.22. The van der Waals surface area contributed by atoms with Crippen LogP contribution >= 0.6 is 0 Å². The molecule has 1 atom stereocenters. The zero-order valence-corrected chi connectivity index (χ0v) is 8.55. The molecule has 1 saturated heterocycles. The van der Waals surface area contributed by atoms with Gasteiger partial charge in [-0.3, -0.25) is 19.3 Å². The highest BCUT2D eigenvalue weighted by Gasteiger charge is 2.51. The number of rotatable bonds is 3. The number of halogens is 4. The normalized spacial score (nSPS) is 21.3. The largest absolute Gasteiger partial charge is 0.383 e. The molecule has 0 aliphatic carbocycles. The molecule has 0 aromatic rings. The highest BCUT2D eigenvalue weighted by Crippen LogP contribution is 2.23. The van der Waals surface area contributed by atoms with Crippen LogP contribution < -0.4 is 5.32 Å². The maximum absolute atomic E-state index is 12.5. The lowest BCUT2D eigenvalue weighted by Gasteiger charge is -2.17. The predicted molar refractivity (Wildman–Crippen MR) is 45.3 cm³/mol. The standard InChI is InChI=1S/C8H8F4N2O3/c1-14-4(15)2-3(5(14)16)13-7(17)8(11,12)6(9)10/h3,6H,2H2,1H3,(H,13,17). The number of likely N-dealkylation sites (tertiary alicyclic amines) is 1. The third-order valence-electron chi connectivity index (χ3n) is 2.26. The summed E-state index contributed by atoms with van der Waals surface area (Å²) in [4.78, 5) is 33.6. The highest BCUT2D eigenvalue weighted by atomic mass is 19.3. The van der Waals surface area contributed by atoms with E-state index in [0.29, 0.717) is 4.90 Å². The second-order valence-electron chi connectivity index (χ2n) is 3.44. The summed E-state index contributed by atoms with van der Waals surface area (Å²) in [6.45, 7) is 0. The topological polar surface area (TPSA) is 66.5 Å². The van der Waals surface area contributed by atoms with Crippen molar-refractivity contribution in [1.29, 1.82) is 0 Å². The molecular weight excluding hydrogens is 248 g/mol. The Morgan fingerprint density at radius 1 is 1.47 bits per heavy atom. The number of nitrogens with one attached hydrogen (secondary N) is 1. The van der Waals surface area contributed by atoms with E-state index >= 15 is 0 Å². The first-order chi connectivity index (χ1) is 7.67. The van der Waals surface area contributed by atoms with Crippen molar-refractivity contribution in [1.82, 2.24) is 10.2 Å². The SMILES string of the molecule is CN1C(=O)CC(NC(=O)C(F)(F)C(F)F)C1=O. The molecule has 0 spiro atoms. The van der Waals surface area contributed by atoms with E-state index in [-0.39, 0.29) is 0 Å². The van der Waals surface area contributed by atoms with E-state index in [2.05, 4.69) is 0 Å². The van der Waals surface area contributed by atoms with Crippen LogP contribution in [0.15, 0.2) is 0 Å². The monoisotopic (exact) mass is 256 g/mol. The van der Waals surface area contributed by atoms with E-state index in [0.717, 1.165) is 7.05 Å². The summed E-state index contributed by atoms with van der Waals surface area (Å²) >= 11 is 0. The maximum Gasteiger partial charge on any atom is 0.383 e. The molecule has 1 heterocycles. The van der Waals surface area contributed by atoms with Gasteiger partial charge in [-0.15, -0.1) is 0 Å². The first kappa shape index (κ1) is 13.4. The number of carbonyl (C=O) groups excluding carboxylic acids is 3. The average molecular weight is 256 g/mol. The van der Waals surface area contributed by atoms with Gasteiger partial charge in [-0.1, -0.05) is 0 Å². The lowest BCUT2D eigenvalue weighted by Crippen LogP contribution is -2.51. The molecule has 0 aromatic heterocycles. The van der Waals surface area contributed by atoms with Crippen LogP contribution in [0.1, 0.15) is 6.42 Å². The van der Waals surface area contributed by atoms with Gasteiger partial charge < -0.3 is 5.32 Å². The Morgan fingerprint density at radius 3 is 2.35 bits per heavy atom. The second kappa shape index (κ2) is 4.30. The van der Waals surface area contributed by atoms with Gasteiger partial charge in [-0.05, 0) is 0 Å². The van der Waals surface area contributed by atoms with Gasteiger partial charge in [0.05, 0.1) is 6.42 Å². The van der Waals surface area contributed by atoms with Gasteiger partial charge in [0, 0.05) is 7.05 Å². The summed E-state index contributed by atoms with van der Waals surface area (Å²) in [5.41, 5.74) is 0. The first-order valence-corrected chi connectivity index (χ1v) is 4.45. The molecule has 3 amide bonds. The molecular formula is C8H8F4N2O3. The number of hydrogen-bond donors (Lipinski definition) is 1. The van der Waals surface area contributed by atoms with E-state index in [4.69, 9.17) is 0 Å². The van der Waals surface area contributed by atoms with Gasteiger partial charge in [-0.25, -0.2) is 8.78 Å². The second-order valence-corrected chi connectivity index (χ2v) is 3.44. The number of likely N-dealkylation sites (N-methyl/N-ethyl adjacent to an activating group) is 1. The minimum atomic E-state index is -4.88. The Bertz CT molecular complexity index is 372. The van der Waals surface area contributed by atoms with E-state index in [9.17, 15) is 31.9 Å². The van der Waals surface area contributed by atoms with Crippen molar-refractivity contribution in [3.8, 4) is 0 Å². The molecule has 1 fully saturated rings. The zero-order chi connectivity index (χ0) is 13.4. The fraction of sp³-hybridized carbons (Fsp3) is 0.625. The Balaban J connectivity index is 2.71. The van der Waals surface area contributed by atoms with Crippen LogP contribution in [0.25, 0.3) is 0 Å². The van der Waals surface area contributed by atoms with E-state index < -0.39 is 42.5 Å². The van der Waals surface area contributed by atoms with Crippen molar-refractivity contribution < 1.29 is 31.9 Å². The van der Waals surface area contributed by atoms with Crippen LogP contribution in [0.3, 0.4) is 0 Å². The third-order valence-corrected chi connectivity index (χ3v) is 2.26. The van der Waals surface area contributed by atoms with Crippen LogP contribution in [-0.4, -0.2) is 48.1 Å². The van der Waals surface area contributed by atoms with Crippen molar-refractivity contribution >= 4 is 17.7 Å². The minimum absolute atomic E-state index is 0.514. The van der Waals surface area contributed by atoms with Gasteiger partial charge in [-0.2, -0.15) is 8.78 Å². The summed E-state index contributed by atoms with van der Waals surface area (Å²) in [5, 5.41) is 1.43. The molecule has 5 nitrogen and oxygen atoms in total. The van der Waals surface area contributed by atoms with Crippen LogP contribution in [0, 0.1) is 0 Å². The number of imide groups is 1. The van der Waals surface area contributed by atoms with Gasteiger partial charge in [0.15, 0.2) is 0 Å². The van der Waals surface area contributed by atoms with Crippen LogP contribution in [0.5, 0.6) is 0 Å². The summed E-state index contributed by atoms with van der Waals surface area (Å²) in [7, 11) is 1.10. The molecule has 0 radical (unpaired) electrons. The number of carbonyl (C=O) groups is 3. The van der Waals surface area contributed by atoms with Gasteiger partial charge >= 0.3 is 12.3 Å². The maximum atomic E-state index is 12.5. The van der Waals surface area contributed by atoms with Crippen molar-refractivity contribution in [2.75, 3.05) is 7.05 Å². The summed E-state index contributed by atoms with van der Waals surface area (Å²) in [5.74, 6) is -8.74. The highest BCUT2D eigenvalue weighted by molar-refractivity contribution is 6.06. The predicted octanol–water partition coefficient (Wildman–Crippen LogP) is -0.240. The molecule has 1 unspecified atom stereocenters. The molecule has 9 heteroatoms. The summed E-state index contributed by atoms with van der Waals surface area (Å²) in [6.07, 6.45) is -4.69. The lowest BCUT2D eigenvalue weighted by atomic mass is 10.2. The Morgan fingerprint density at radius 2 is 2.00 bits per heavy atom. The molecule has 0 saturated carbocycles. The van der Waals surface area contributed by atoms with E-state index in [1.54, 1.807) is 0 Å². The third kappa shape index (κ3) is 2.37. The molecule has 1 aliphatic heterocycles. The number of amides is 3. The van der Waals surface area contributed by atoms with E-state index in [1.165, 1.54) is 5.32 Å². The average Bonchev–Trinajstić information content (AvgIpc) is 2.46. The minimum Gasteiger partial charge on any atom is -0.338 e. The molecule has 96 valence electrons. The van der Waals surface area contributed by atoms with Crippen molar-refractivity contribution in [2.24, 2.45) is 0 Å². The van der Waals surface area contributed by atoms with Gasteiger partial charge in [0.1, 0.15) is 6.04 Å². The summed E-state index contributed by atoms with van der Waals surface area (Å²) < 4.78 is 48.7. The smallest absolute Gasteiger partial charge is 0.338 e. The first-order valence-electron chi connectivity index (χ1n) is 4.45. The van der Waals surface area contributed by atoms with Crippen molar-refractivity contribution in [3.05, 3.63) is 0 Å². The van der Waals surface area contributed by atoms with Crippen molar-refractivity contribution in [3.63, 3.8) is 0 Å². The molecule has 1 rings (SSSR count). The molecule has 1 N–H and O–H groups in total. The van der Waals surface area contributed by atoms with Crippen LogP contribution in [0.4, 0.5) is 17.6 Å². The Kier molecular flexibility index (Phi) is 3.39. The number of alkyl halides is 4. The van der Waals surface area contributed by atoms with Gasteiger partial charge in [0.2, 0.25) is 5.91 Å². The Hall–Kier alpha value is -1.67. The number of nitrogens with zero attached hydrogens (tertiary/aromatic N) is 1. The van der Waals surface area contributed by atoms with Crippen LogP contribution in [-0.2, 0) is 14.4 Å². The lowest BCUT2D eigenvalue weighted by molar-refractivity contribution is -0.170. The number of hydrogen-bond acceptors (Lipinski definition) is 3. The van der Waals surface area contributed by atoms with Gasteiger partial charge in [0.25, 0.3) is 11.8 Å².